The van der Waals surface area contributed by atoms with E-state index in [1.165, 1.54) is 24.4 Å². The van der Waals surface area contributed by atoms with Gasteiger partial charge in [0.15, 0.2) is 5.82 Å². The number of nitrogens with zero attached hydrogens (tertiary/aromatic N) is 5. The number of phenols is 1. The number of piperidine rings is 1. The molecule has 2 aromatic carbocycles. The number of pyridine rings is 1. The molecule has 4 aliphatic rings. The Hall–Kier alpha value is -4.31. The van der Waals surface area contributed by atoms with Crippen LogP contribution < -0.4 is 9.64 Å². The van der Waals surface area contributed by atoms with Gasteiger partial charge >= 0.3 is 12.2 Å². The average molecular weight is 668 g/mol. The largest absolute Gasteiger partial charge is 0.508 e. The van der Waals surface area contributed by atoms with Crippen molar-refractivity contribution in [1.29, 1.82) is 0 Å². The molecule has 4 atom stereocenters. The van der Waals surface area contributed by atoms with Crippen molar-refractivity contribution in [2.75, 3.05) is 37.7 Å². The molecule has 1 aliphatic carbocycles. The predicted octanol–water partition coefficient (Wildman–Crippen LogP) is 6.79. The van der Waals surface area contributed by atoms with E-state index in [0.717, 1.165) is 19.0 Å². The number of alkyl halides is 4. The highest BCUT2D eigenvalue weighted by Gasteiger charge is 2.55. The van der Waals surface area contributed by atoms with Crippen LogP contribution in [0.4, 0.5) is 32.2 Å². The first kappa shape index (κ1) is 31.0. The maximum absolute atomic E-state index is 16.8. The SMILES string of the molecule is C#Cc1c(F)ccc2cc(O)cc(-c3ncc4c(N5CC6CCC(C5)C6C(F)(F)F)nc(OC[C@@]56CCCN5C[C@H](F)C6)nc4c3F)c12. The first-order valence-electron chi connectivity index (χ1n) is 16.1. The average Bonchev–Trinajstić information content (AvgIpc) is 3.67. The number of fused-ring (bicyclic) bond motifs is 5. The molecular formula is C35H31F6N5O2. The van der Waals surface area contributed by atoms with Crippen molar-refractivity contribution in [1.82, 2.24) is 19.9 Å². The number of halogens is 6. The molecule has 8 rings (SSSR count). The molecule has 13 heteroatoms. The Labute approximate surface area is 271 Å². The first-order valence-corrected chi connectivity index (χ1v) is 16.1. The number of aromatic nitrogens is 3. The fourth-order valence-electron chi connectivity index (χ4n) is 8.85. The second-order valence-corrected chi connectivity index (χ2v) is 13.6. The van der Waals surface area contributed by atoms with Gasteiger partial charge in [-0.3, -0.25) is 9.88 Å². The van der Waals surface area contributed by atoms with Gasteiger partial charge < -0.3 is 14.7 Å². The minimum atomic E-state index is -4.33. The molecular weight excluding hydrogens is 636 g/mol. The second-order valence-electron chi connectivity index (χ2n) is 13.6. The Bertz CT molecular complexity index is 1990. The van der Waals surface area contributed by atoms with E-state index in [0.29, 0.717) is 31.2 Å². The number of hydrogen-bond acceptors (Lipinski definition) is 7. The molecule has 48 heavy (non-hydrogen) atoms. The van der Waals surface area contributed by atoms with Crippen LogP contribution in [0.3, 0.4) is 0 Å². The molecule has 250 valence electrons. The van der Waals surface area contributed by atoms with Crippen LogP contribution in [0.5, 0.6) is 11.8 Å². The standard InChI is InChI=1S/C35H31F6N5O2/c1-2-23-26(37)7-6-18-10-22(47)11-24(27(18)23)30-29(38)31-25(13-42-30)32(45-14-19-4-5-20(15-45)28(19)35(39,40)41)44-33(43-31)48-17-34-8-3-9-46(34)16-21(36)12-34/h1,6-7,10-11,13,19-21,28,47H,3-5,8-9,12,14-17H2/t19?,20?,21-,28?,34+/m1/s1. The summed E-state index contributed by atoms with van der Waals surface area (Å²) < 4.78 is 94.2. The Morgan fingerprint density at radius 3 is 2.58 bits per heavy atom. The lowest BCUT2D eigenvalue weighted by molar-refractivity contribution is -0.196. The van der Waals surface area contributed by atoms with Gasteiger partial charge in [-0.15, -0.1) is 6.42 Å². The van der Waals surface area contributed by atoms with Crippen LogP contribution in [0, 0.1) is 41.7 Å². The van der Waals surface area contributed by atoms with Crippen molar-refractivity contribution < 1.29 is 36.2 Å². The van der Waals surface area contributed by atoms with E-state index in [1.807, 2.05) is 0 Å². The topological polar surface area (TPSA) is 74.6 Å². The number of hydrogen-bond donors (Lipinski definition) is 1. The molecule has 1 N–H and O–H groups in total. The Balaban J connectivity index is 1.26. The summed E-state index contributed by atoms with van der Waals surface area (Å²) in [4.78, 5) is 17.2. The number of rotatable bonds is 5. The smallest absolute Gasteiger partial charge is 0.392 e. The Morgan fingerprint density at radius 2 is 1.85 bits per heavy atom. The summed E-state index contributed by atoms with van der Waals surface area (Å²) in [7, 11) is 0. The summed E-state index contributed by atoms with van der Waals surface area (Å²) in [6, 6.07) is 4.98. The van der Waals surface area contributed by atoms with Crippen LogP contribution in [-0.4, -0.2) is 75.6 Å². The molecule has 0 spiro atoms. The summed E-state index contributed by atoms with van der Waals surface area (Å²) in [5.74, 6) is -2.11. The van der Waals surface area contributed by atoms with Crippen LogP contribution in [-0.2, 0) is 0 Å². The predicted molar refractivity (Wildman–Crippen MR) is 166 cm³/mol. The molecule has 5 heterocycles. The van der Waals surface area contributed by atoms with Gasteiger partial charge in [0.05, 0.1) is 22.4 Å². The van der Waals surface area contributed by atoms with Crippen molar-refractivity contribution in [2.24, 2.45) is 17.8 Å². The molecule has 2 bridgehead atoms. The van der Waals surface area contributed by atoms with Gasteiger partial charge in [-0.05, 0) is 67.6 Å². The van der Waals surface area contributed by atoms with Crippen LogP contribution in [0.25, 0.3) is 32.9 Å². The van der Waals surface area contributed by atoms with Crippen molar-refractivity contribution in [2.45, 2.75) is 50.0 Å². The van der Waals surface area contributed by atoms with Crippen molar-refractivity contribution >= 4 is 27.5 Å². The molecule has 4 aromatic rings. The quantitative estimate of drug-likeness (QED) is 0.186. The Kier molecular flexibility index (Phi) is 7.18. The fourth-order valence-corrected chi connectivity index (χ4v) is 8.85. The first-order chi connectivity index (χ1) is 23.0. The van der Waals surface area contributed by atoms with Crippen LogP contribution in [0.1, 0.15) is 37.7 Å². The van der Waals surface area contributed by atoms with E-state index in [2.05, 4.69) is 25.8 Å². The third-order valence-corrected chi connectivity index (χ3v) is 10.8. The fraction of sp³-hybridized carbons (Fsp3) is 0.457. The van der Waals surface area contributed by atoms with E-state index >= 15 is 4.39 Å². The summed E-state index contributed by atoms with van der Waals surface area (Å²) in [6.07, 6.45) is 4.33. The van der Waals surface area contributed by atoms with E-state index in [-0.39, 0.29) is 76.8 Å². The summed E-state index contributed by atoms with van der Waals surface area (Å²) in [6.45, 7) is 1.19. The third kappa shape index (κ3) is 4.90. The zero-order valence-corrected chi connectivity index (χ0v) is 25.7. The lowest BCUT2D eigenvalue weighted by atomic mass is 9.84. The molecule has 7 nitrogen and oxygen atoms in total. The number of terminal acetylenes is 1. The molecule has 2 aromatic heterocycles. The molecule has 3 saturated heterocycles. The lowest BCUT2D eigenvalue weighted by Gasteiger charge is -2.39. The van der Waals surface area contributed by atoms with Crippen LogP contribution in [0.15, 0.2) is 30.5 Å². The van der Waals surface area contributed by atoms with E-state index in [4.69, 9.17) is 11.2 Å². The summed E-state index contributed by atoms with van der Waals surface area (Å²) in [5.41, 5.74) is -1.14. The summed E-state index contributed by atoms with van der Waals surface area (Å²) >= 11 is 0. The van der Waals surface area contributed by atoms with Crippen molar-refractivity contribution in [3.63, 3.8) is 0 Å². The van der Waals surface area contributed by atoms with E-state index in [1.54, 1.807) is 4.90 Å². The molecule has 1 saturated carbocycles. The maximum atomic E-state index is 16.8. The maximum Gasteiger partial charge on any atom is 0.392 e. The molecule has 0 radical (unpaired) electrons. The molecule has 2 unspecified atom stereocenters. The number of ether oxygens (including phenoxy) is 1. The number of anilines is 1. The van der Waals surface area contributed by atoms with Crippen LogP contribution >= 0.6 is 0 Å². The van der Waals surface area contributed by atoms with Gasteiger partial charge in [0.1, 0.15) is 41.4 Å². The summed E-state index contributed by atoms with van der Waals surface area (Å²) in [5, 5.41) is 11.2. The van der Waals surface area contributed by atoms with Gasteiger partial charge in [-0.2, -0.15) is 23.1 Å². The highest BCUT2D eigenvalue weighted by Crippen LogP contribution is 2.51. The van der Waals surface area contributed by atoms with Gasteiger partial charge in [0.25, 0.3) is 0 Å². The molecule has 3 aliphatic heterocycles. The monoisotopic (exact) mass is 667 g/mol. The minimum absolute atomic E-state index is 0.0314. The number of aromatic hydroxyl groups is 1. The zero-order chi connectivity index (χ0) is 33.5. The van der Waals surface area contributed by atoms with E-state index in [9.17, 15) is 27.1 Å². The number of phenolic OH excluding ortho intramolecular Hbond substituents is 1. The Morgan fingerprint density at radius 1 is 1.08 bits per heavy atom. The van der Waals surface area contributed by atoms with Crippen molar-refractivity contribution in [3.8, 4) is 35.4 Å². The second kappa shape index (κ2) is 11.1. The highest BCUT2D eigenvalue weighted by molar-refractivity contribution is 6.03. The third-order valence-electron chi connectivity index (χ3n) is 10.8. The van der Waals surface area contributed by atoms with Crippen molar-refractivity contribution in [3.05, 3.63) is 47.7 Å². The number of benzene rings is 2. The van der Waals surface area contributed by atoms with Gasteiger partial charge in [-0.25, -0.2) is 13.2 Å². The zero-order valence-electron chi connectivity index (χ0n) is 25.7. The van der Waals surface area contributed by atoms with Gasteiger partial charge in [-0.1, -0.05) is 12.0 Å². The van der Waals surface area contributed by atoms with Gasteiger partial charge in [0.2, 0.25) is 0 Å². The van der Waals surface area contributed by atoms with E-state index < -0.39 is 47.3 Å². The van der Waals surface area contributed by atoms with Gasteiger partial charge in [0, 0.05) is 43.2 Å². The highest BCUT2D eigenvalue weighted by atomic mass is 19.4. The molecule has 0 amide bonds. The minimum Gasteiger partial charge on any atom is -0.508 e. The lowest BCUT2D eigenvalue weighted by Crippen LogP contribution is -2.47. The van der Waals surface area contributed by atoms with Crippen LogP contribution in [0.2, 0.25) is 0 Å². The molecule has 4 fully saturated rings. The normalized spacial score (nSPS) is 27.1.